The van der Waals surface area contributed by atoms with Gasteiger partial charge in [-0.3, -0.25) is 4.79 Å². The second-order valence-corrected chi connectivity index (χ2v) is 11.4. The lowest BCUT2D eigenvalue weighted by Crippen LogP contribution is -2.41. The van der Waals surface area contributed by atoms with E-state index >= 15 is 0 Å². The maximum absolute atomic E-state index is 14.6. The first-order valence-corrected chi connectivity index (χ1v) is 14.4. The monoisotopic (exact) mass is 633 g/mol. The molecule has 1 unspecified atom stereocenters. The van der Waals surface area contributed by atoms with Gasteiger partial charge in [0.1, 0.15) is 11.9 Å². The van der Waals surface area contributed by atoms with Crippen molar-refractivity contribution >= 4 is 35.3 Å². The molecule has 0 saturated carbocycles. The zero-order chi connectivity index (χ0) is 31.6. The number of anilines is 2. The Hall–Kier alpha value is -4.10. The second kappa shape index (κ2) is 12.5. The van der Waals surface area contributed by atoms with Gasteiger partial charge in [-0.15, -0.1) is 0 Å². The van der Waals surface area contributed by atoms with E-state index in [-0.39, 0.29) is 56.5 Å². The van der Waals surface area contributed by atoms with Crippen molar-refractivity contribution in [3.05, 3.63) is 64.7 Å². The quantitative estimate of drug-likeness (QED) is 0.281. The highest BCUT2D eigenvalue weighted by molar-refractivity contribution is 6.30. The molecule has 2 aliphatic heterocycles. The van der Waals surface area contributed by atoms with Crippen LogP contribution in [-0.4, -0.2) is 65.5 Å². The molecule has 0 bridgehead atoms. The third kappa shape index (κ3) is 6.83. The number of halogens is 4. The third-order valence-electron chi connectivity index (χ3n) is 8.04. The average Bonchev–Trinajstić information content (AvgIpc) is 3.39. The van der Waals surface area contributed by atoms with Crippen LogP contribution in [0.3, 0.4) is 0 Å². The molecule has 4 N–H and O–H groups in total. The van der Waals surface area contributed by atoms with Crippen LogP contribution in [0.4, 0.5) is 24.9 Å². The lowest BCUT2D eigenvalue weighted by Gasteiger charge is -2.39. The van der Waals surface area contributed by atoms with Crippen LogP contribution in [-0.2, 0) is 9.53 Å². The molecule has 3 heterocycles. The van der Waals surface area contributed by atoms with Crippen LogP contribution in [0, 0.1) is 5.41 Å². The summed E-state index contributed by atoms with van der Waals surface area (Å²) < 4.78 is 54.4. The Balaban J connectivity index is 1.39. The third-order valence-corrected chi connectivity index (χ3v) is 8.28. The predicted octanol–water partition coefficient (Wildman–Crippen LogP) is 5.27. The summed E-state index contributed by atoms with van der Waals surface area (Å²) in [7, 11) is 0. The number of carbonyl (C=O) groups is 2. The van der Waals surface area contributed by atoms with Crippen LogP contribution in [0.25, 0.3) is 11.1 Å². The van der Waals surface area contributed by atoms with E-state index in [0.717, 1.165) is 12.8 Å². The molecule has 2 fully saturated rings. The van der Waals surface area contributed by atoms with Gasteiger partial charge in [0.05, 0.1) is 12.2 Å². The van der Waals surface area contributed by atoms with E-state index < -0.39 is 18.2 Å². The Morgan fingerprint density at radius 2 is 1.93 bits per heavy atom. The Kier molecular flexibility index (Phi) is 8.89. The summed E-state index contributed by atoms with van der Waals surface area (Å²) in [6.45, 7) is 3.81. The first-order valence-electron chi connectivity index (χ1n) is 14.0. The molecule has 5 rings (SSSR count). The highest BCUT2D eigenvalue weighted by Gasteiger charge is 2.46. The summed E-state index contributed by atoms with van der Waals surface area (Å²) in [6.07, 6.45) is -5.28. The highest BCUT2D eigenvalue weighted by atomic mass is 35.5. The topological polar surface area (TPSA) is 140 Å². The van der Waals surface area contributed by atoms with Gasteiger partial charge in [0, 0.05) is 36.3 Å². The Morgan fingerprint density at radius 3 is 2.61 bits per heavy atom. The minimum atomic E-state index is -4.89. The maximum atomic E-state index is 14.6. The molecule has 44 heavy (non-hydrogen) atoms. The number of nitrogen functional groups attached to an aromatic ring is 1. The van der Waals surface area contributed by atoms with Gasteiger partial charge in [-0.25, -0.2) is 4.79 Å². The number of rotatable bonds is 8. The molecule has 234 valence electrons. The Bertz CT molecular complexity index is 1550. The van der Waals surface area contributed by atoms with Crippen LogP contribution in [0.1, 0.15) is 48.2 Å². The first kappa shape index (κ1) is 31.3. The van der Waals surface area contributed by atoms with E-state index in [0.29, 0.717) is 38.5 Å². The molecule has 3 aromatic rings. The summed E-state index contributed by atoms with van der Waals surface area (Å²) in [4.78, 5) is 33.8. The SMILES string of the molecule is CCOC(=O)C1CC2(CCN(c3cc(O[C@H](c4ccc(Cl)cc4-c4cccc(C(=O)O)c4)C(F)(F)F)nc(N)n3)CC2)CN1. The van der Waals surface area contributed by atoms with Gasteiger partial charge in [-0.05, 0) is 67.0 Å². The summed E-state index contributed by atoms with van der Waals surface area (Å²) >= 11 is 6.15. The van der Waals surface area contributed by atoms with E-state index in [1.54, 1.807) is 6.92 Å². The van der Waals surface area contributed by atoms with Gasteiger partial charge in [0.2, 0.25) is 17.9 Å². The van der Waals surface area contributed by atoms with E-state index in [1.807, 2.05) is 4.90 Å². The molecule has 2 aromatic carbocycles. The number of carbonyl (C=O) groups excluding carboxylic acids is 1. The number of nitrogens with one attached hydrogen (secondary N) is 1. The van der Waals surface area contributed by atoms with E-state index in [9.17, 15) is 27.9 Å². The zero-order valence-corrected chi connectivity index (χ0v) is 24.5. The van der Waals surface area contributed by atoms with Crippen LogP contribution >= 0.6 is 11.6 Å². The number of piperidine rings is 1. The molecule has 0 radical (unpaired) electrons. The molecule has 2 aliphatic rings. The molecule has 1 spiro atoms. The van der Waals surface area contributed by atoms with Crippen molar-refractivity contribution in [2.75, 3.05) is 36.9 Å². The number of aromatic nitrogens is 2. The van der Waals surface area contributed by atoms with E-state index in [2.05, 4.69) is 15.3 Å². The average molecular weight is 634 g/mol. The smallest absolute Gasteiger partial charge is 0.429 e. The van der Waals surface area contributed by atoms with Crippen molar-refractivity contribution in [1.82, 2.24) is 15.3 Å². The van der Waals surface area contributed by atoms with Crippen molar-refractivity contribution in [3.63, 3.8) is 0 Å². The summed E-state index contributed by atoms with van der Waals surface area (Å²) in [6, 6.07) is 10.3. The summed E-state index contributed by atoms with van der Waals surface area (Å²) in [5.74, 6) is -1.81. The Labute approximate surface area is 256 Å². The molecule has 2 atom stereocenters. The number of ether oxygens (including phenoxy) is 2. The van der Waals surface area contributed by atoms with Crippen molar-refractivity contribution in [2.45, 2.75) is 44.5 Å². The lowest BCUT2D eigenvalue weighted by molar-refractivity contribution is -0.198. The standard InChI is InChI=1S/C30H31ClF3N5O5/c1-2-43-27(42)22-15-29(16-36-22)8-10-39(11-9-29)23-14-24(38-28(35)37-23)44-25(30(32,33)34)20-7-6-19(31)13-21(20)17-4-3-5-18(12-17)26(40)41/h3-7,12-14,22,25,36H,2,8-11,15-16H2,1H3,(H,40,41)(H2,35,37,38)/t22?,25-/m1/s1. The molecule has 14 heteroatoms. The minimum Gasteiger partial charge on any atom is -0.478 e. The Morgan fingerprint density at radius 1 is 1.18 bits per heavy atom. The first-order chi connectivity index (χ1) is 20.9. The molecule has 0 aliphatic carbocycles. The molecule has 2 saturated heterocycles. The number of nitrogens with two attached hydrogens (primary N) is 1. The number of esters is 1. The van der Waals surface area contributed by atoms with Gasteiger partial charge < -0.3 is 30.5 Å². The van der Waals surface area contributed by atoms with Gasteiger partial charge in [0.25, 0.3) is 0 Å². The van der Waals surface area contributed by atoms with Crippen LogP contribution in [0.15, 0.2) is 48.5 Å². The molecule has 0 amide bonds. The van der Waals surface area contributed by atoms with E-state index in [4.69, 9.17) is 26.8 Å². The fourth-order valence-electron chi connectivity index (χ4n) is 5.82. The van der Waals surface area contributed by atoms with Crippen LogP contribution < -0.4 is 20.7 Å². The van der Waals surface area contributed by atoms with Gasteiger partial charge in [0.15, 0.2) is 0 Å². The van der Waals surface area contributed by atoms with Gasteiger partial charge in [-0.1, -0.05) is 29.8 Å². The predicted molar refractivity (Wildman–Crippen MR) is 157 cm³/mol. The number of carboxylic acid groups (broad SMARTS) is 1. The van der Waals surface area contributed by atoms with Crippen molar-refractivity contribution in [1.29, 1.82) is 0 Å². The number of alkyl halides is 3. The lowest BCUT2D eigenvalue weighted by atomic mass is 9.76. The molecular formula is C30H31ClF3N5O5. The molecule has 10 nitrogen and oxygen atoms in total. The second-order valence-electron chi connectivity index (χ2n) is 11.0. The van der Waals surface area contributed by atoms with Crippen molar-refractivity contribution in [2.24, 2.45) is 5.41 Å². The number of benzene rings is 2. The largest absolute Gasteiger partial charge is 0.478 e. The summed E-state index contributed by atoms with van der Waals surface area (Å²) in [5.41, 5.74) is 5.72. The van der Waals surface area contributed by atoms with Crippen molar-refractivity contribution in [3.8, 4) is 17.0 Å². The zero-order valence-electron chi connectivity index (χ0n) is 23.7. The van der Waals surface area contributed by atoms with Crippen LogP contribution in [0.5, 0.6) is 5.88 Å². The fraction of sp³-hybridized carbons (Fsp3) is 0.400. The molecule has 1 aromatic heterocycles. The minimum absolute atomic E-state index is 0.0535. The van der Waals surface area contributed by atoms with Crippen LogP contribution in [0.2, 0.25) is 5.02 Å². The van der Waals surface area contributed by atoms with Gasteiger partial charge >= 0.3 is 18.1 Å². The van der Waals surface area contributed by atoms with E-state index in [1.165, 1.54) is 48.5 Å². The number of carboxylic acids is 1. The highest BCUT2D eigenvalue weighted by Crippen LogP contribution is 2.43. The maximum Gasteiger partial charge on any atom is 0.429 e. The number of aromatic carboxylic acids is 1. The summed E-state index contributed by atoms with van der Waals surface area (Å²) in [5, 5.41) is 12.8. The fourth-order valence-corrected chi connectivity index (χ4v) is 6.00. The van der Waals surface area contributed by atoms with Gasteiger partial charge in [-0.2, -0.15) is 23.1 Å². The number of hydrogen-bond donors (Lipinski definition) is 3. The van der Waals surface area contributed by atoms with Crippen molar-refractivity contribution < 1.29 is 37.3 Å². The molecular weight excluding hydrogens is 603 g/mol. The number of nitrogens with zero attached hydrogens (tertiary/aromatic N) is 3. The normalized spacial score (nSPS) is 18.7. The number of hydrogen-bond acceptors (Lipinski definition) is 9.